The molecule has 2 aliphatic heterocycles. The van der Waals surface area contributed by atoms with Crippen molar-refractivity contribution in [2.45, 2.75) is 8.30 Å². The summed E-state index contributed by atoms with van der Waals surface area (Å²) in [7, 11) is 0. The van der Waals surface area contributed by atoms with Crippen molar-refractivity contribution in [1.82, 2.24) is 0 Å². The summed E-state index contributed by atoms with van der Waals surface area (Å²) in [6.07, 6.45) is 0. The fourth-order valence-corrected chi connectivity index (χ4v) is 6.31. The topological polar surface area (TPSA) is 0 Å². The van der Waals surface area contributed by atoms with Crippen LogP contribution < -0.4 is 0 Å². The van der Waals surface area contributed by atoms with Crippen LogP contribution in [0.2, 0.25) is 0 Å². The van der Waals surface area contributed by atoms with Crippen molar-refractivity contribution in [3.63, 3.8) is 0 Å². The van der Waals surface area contributed by atoms with E-state index >= 15 is 0 Å². The van der Waals surface area contributed by atoms with Crippen LogP contribution in [-0.4, -0.2) is 34.8 Å². The van der Waals surface area contributed by atoms with Crippen LogP contribution in [0.3, 0.4) is 0 Å². The average Bonchev–Trinajstić information content (AvgIpc) is 2.33. The molecule has 2 heterocycles. The van der Waals surface area contributed by atoms with E-state index in [0.29, 0.717) is 0 Å². The van der Waals surface area contributed by atoms with E-state index in [4.69, 9.17) is 0 Å². The number of thioether (sulfide) groups is 2. The Morgan fingerprint density at radius 1 is 1.14 bits per heavy atom. The molecule has 0 aromatic rings. The molecule has 2 fully saturated rings. The van der Waals surface area contributed by atoms with Gasteiger partial charge >= 0.3 is 58.3 Å². The van der Waals surface area contributed by atoms with Gasteiger partial charge in [0.1, 0.15) is 0 Å². The van der Waals surface area contributed by atoms with E-state index in [-0.39, 0.29) is 0 Å². The van der Waals surface area contributed by atoms with Gasteiger partial charge in [-0.3, -0.25) is 0 Å². The van der Waals surface area contributed by atoms with Crippen molar-refractivity contribution in [3.8, 4) is 0 Å². The van der Waals surface area contributed by atoms with Crippen molar-refractivity contribution in [1.29, 1.82) is 0 Å². The molecule has 2 atom stereocenters. The van der Waals surface area contributed by atoms with Gasteiger partial charge in [0.25, 0.3) is 0 Å². The fraction of sp³-hybridized carbons (Fsp3) is 1.00. The number of rotatable bonds is 2. The van der Waals surface area contributed by atoms with Crippen LogP contribution in [0.4, 0.5) is 0 Å². The van der Waals surface area contributed by atoms with Crippen molar-refractivity contribution in [2.24, 2.45) is 0 Å². The predicted molar refractivity (Wildman–Crippen MR) is 38.2 cm³/mol. The van der Waals surface area contributed by atoms with Gasteiger partial charge in [0.05, 0.1) is 0 Å². The summed E-state index contributed by atoms with van der Waals surface area (Å²) in [6, 6.07) is 0. The van der Waals surface area contributed by atoms with Gasteiger partial charge in [-0.2, -0.15) is 0 Å². The van der Waals surface area contributed by atoms with Gasteiger partial charge in [-0.25, -0.2) is 0 Å². The molecule has 2 aliphatic rings. The second-order valence-electron chi connectivity index (χ2n) is 1.66. The van der Waals surface area contributed by atoms with Crippen LogP contribution in [0.25, 0.3) is 0 Å². The SMILES string of the molecule is C1SC1[Se]C1CS1. The quantitative estimate of drug-likeness (QED) is 0.475. The van der Waals surface area contributed by atoms with Crippen molar-refractivity contribution in [3.05, 3.63) is 0 Å². The second-order valence-corrected chi connectivity index (χ2v) is 8.44. The summed E-state index contributed by atoms with van der Waals surface area (Å²) in [4.78, 5) is 0. The van der Waals surface area contributed by atoms with Crippen LogP contribution in [-0.2, 0) is 0 Å². The molecule has 0 spiro atoms. The van der Waals surface area contributed by atoms with E-state index in [2.05, 4.69) is 23.5 Å². The van der Waals surface area contributed by atoms with Crippen molar-refractivity contribution in [2.75, 3.05) is 11.5 Å². The second kappa shape index (κ2) is 1.87. The van der Waals surface area contributed by atoms with Gasteiger partial charge < -0.3 is 0 Å². The van der Waals surface area contributed by atoms with Crippen LogP contribution in [0.1, 0.15) is 0 Å². The maximum atomic E-state index is 2.15. The van der Waals surface area contributed by atoms with Crippen molar-refractivity contribution >= 4 is 38.5 Å². The van der Waals surface area contributed by atoms with Crippen LogP contribution in [0, 0.1) is 0 Å². The molecular formula is C4H6S2Se. The summed E-state index contributed by atoms with van der Waals surface area (Å²) in [6.45, 7) is 0. The minimum atomic E-state index is 1.02. The van der Waals surface area contributed by atoms with E-state index in [1.807, 2.05) is 0 Å². The first-order chi connectivity index (χ1) is 3.45. The summed E-state index contributed by atoms with van der Waals surface area (Å²) in [5, 5.41) is 0. The maximum absolute atomic E-state index is 2.15. The van der Waals surface area contributed by atoms with Crippen LogP contribution in [0.15, 0.2) is 0 Å². The number of hydrogen-bond acceptors (Lipinski definition) is 2. The molecule has 2 saturated heterocycles. The summed E-state index contributed by atoms with van der Waals surface area (Å²) in [5.74, 6) is 2.97. The Balaban J connectivity index is 1.69. The van der Waals surface area contributed by atoms with E-state index < -0.39 is 0 Å². The van der Waals surface area contributed by atoms with Gasteiger partial charge in [0.2, 0.25) is 0 Å². The van der Waals surface area contributed by atoms with E-state index in [0.717, 1.165) is 23.3 Å². The van der Waals surface area contributed by atoms with Gasteiger partial charge in [-0.15, -0.1) is 0 Å². The molecule has 0 radical (unpaired) electrons. The molecule has 0 aliphatic carbocycles. The van der Waals surface area contributed by atoms with Gasteiger partial charge in [-0.05, 0) is 0 Å². The Hall–Kier alpha value is 1.22. The zero-order valence-corrected chi connectivity index (χ0v) is 7.14. The van der Waals surface area contributed by atoms with E-state index in [1.54, 1.807) is 0 Å². The monoisotopic (exact) mass is 198 g/mol. The first-order valence-electron chi connectivity index (χ1n) is 2.34. The third kappa shape index (κ3) is 1.56. The third-order valence-corrected chi connectivity index (χ3v) is 7.97. The van der Waals surface area contributed by atoms with Gasteiger partial charge in [0.15, 0.2) is 0 Å². The molecule has 0 nitrogen and oxygen atoms in total. The van der Waals surface area contributed by atoms with E-state index in [9.17, 15) is 0 Å². The summed E-state index contributed by atoms with van der Waals surface area (Å²) < 4.78 is 2.29. The van der Waals surface area contributed by atoms with Crippen molar-refractivity contribution < 1.29 is 0 Å². The predicted octanol–water partition coefficient (Wildman–Crippen LogP) is 0.836. The first kappa shape index (κ1) is 5.04. The summed E-state index contributed by atoms with van der Waals surface area (Å²) >= 11 is 5.33. The Morgan fingerprint density at radius 2 is 1.57 bits per heavy atom. The molecule has 0 saturated carbocycles. The van der Waals surface area contributed by atoms with Gasteiger partial charge in [-0.1, -0.05) is 0 Å². The molecule has 2 unspecified atom stereocenters. The molecule has 0 aromatic carbocycles. The Morgan fingerprint density at radius 3 is 1.86 bits per heavy atom. The molecular weight excluding hydrogens is 191 g/mol. The molecule has 3 heteroatoms. The fourth-order valence-electron chi connectivity index (χ4n) is 0.405. The van der Waals surface area contributed by atoms with E-state index in [1.165, 1.54) is 11.5 Å². The minimum absolute atomic E-state index is 1.02. The number of hydrogen-bond donors (Lipinski definition) is 0. The van der Waals surface area contributed by atoms with Crippen LogP contribution >= 0.6 is 23.5 Å². The zero-order chi connectivity index (χ0) is 4.69. The standard InChI is InChI=1S/C4H6S2Se/c1-3(5-1)7-4-2-6-4/h3-4H,1-2H2. The Labute approximate surface area is 58.3 Å². The Bertz CT molecular complexity index is 67.8. The summed E-state index contributed by atoms with van der Waals surface area (Å²) in [5.41, 5.74) is 0. The molecule has 0 amide bonds. The van der Waals surface area contributed by atoms with Crippen LogP contribution in [0.5, 0.6) is 0 Å². The molecule has 0 aromatic heterocycles. The molecule has 7 heavy (non-hydrogen) atoms. The molecule has 0 N–H and O–H groups in total. The zero-order valence-electron chi connectivity index (χ0n) is 3.79. The first-order valence-corrected chi connectivity index (χ1v) is 6.41. The normalized spacial score (nSPS) is 46.3. The molecule has 40 valence electrons. The Kier molecular flexibility index (Phi) is 1.35. The third-order valence-electron chi connectivity index (χ3n) is 0.909. The average molecular weight is 197 g/mol. The van der Waals surface area contributed by atoms with Gasteiger partial charge in [0, 0.05) is 0 Å². The molecule has 2 rings (SSSR count). The molecule has 0 bridgehead atoms.